The Morgan fingerprint density at radius 2 is 2.00 bits per heavy atom. The third kappa shape index (κ3) is 1.05. The molecule has 0 bridgehead atoms. The summed E-state index contributed by atoms with van der Waals surface area (Å²) in [4.78, 5) is 8.29. The molecule has 0 fully saturated rings. The summed E-state index contributed by atoms with van der Waals surface area (Å²) in [7, 11) is 0. The van der Waals surface area contributed by atoms with Crippen molar-refractivity contribution in [2.24, 2.45) is 10.7 Å². The van der Waals surface area contributed by atoms with E-state index in [-0.39, 0.29) is 5.84 Å². The predicted molar refractivity (Wildman–Crippen MR) is 59.3 cm³/mol. The van der Waals surface area contributed by atoms with Crippen molar-refractivity contribution >= 4 is 22.6 Å². The number of para-hydroxylation sites is 1. The van der Waals surface area contributed by atoms with Gasteiger partial charge in [-0.05, 0) is 12.1 Å². The molecule has 72 valence electrons. The lowest BCUT2D eigenvalue weighted by Gasteiger charge is -2.01. The van der Waals surface area contributed by atoms with E-state index in [0.29, 0.717) is 17.1 Å². The van der Waals surface area contributed by atoms with Crippen LogP contribution in [0.4, 0.5) is 0 Å². The van der Waals surface area contributed by atoms with Crippen molar-refractivity contribution in [1.82, 2.24) is 4.98 Å². The maximum absolute atomic E-state index is 7.63. The molecule has 1 aromatic heterocycles. The van der Waals surface area contributed by atoms with Gasteiger partial charge in [0.2, 0.25) is 0 Å². The van der Waals surface area contributed by atoms with Crippen LogP contribution >= 0.6 is 0 Å². The fourth-order valence-electron chi connectivity index (χ4n) is 1.73. The van der Waals surface area contributed by atoms with Crippen LogP contribution in [-0.4, -0.2) is 16.7 Å². The first kappa shape index (κ1) is 8.11. The van der Waals surface area contributed by atoms with Crippen LogP contribution in [0.3, 0.4) is 0 Å². The van der Waals surface area contributed by atoms with Gasteiger partial charge in [0.1, 0.15) is 5.69 Å². The van der Waals surface area contributed by atoms with Crippen LogP contribution in [0.15, 0.2) is 35.3 Å². The summed E-state index contributed by atoms with van der Waals surface area (Å²) in [6.45, 7) is 0. The molecule has 4 nitrogen and oxygen atoms in total. The van der Waals surface area contributed by atoms with Crippen LogP contribution in [0.2, 0.25) is 0 Å². The fraction of sp³-hybridized carbons (Fsp3) is 0. The summed E-state index contributed by atoms with van der Waals surface area (Å²) >= 11 is 0. The topological polar surface area (TPSA) is 75.1 Å². The molecular weight excluding hydrogens is 188 g/mol. The molecule has 15 heavy (non-hydrogen) atoms. The molecule has 0 amide bonds. The Hall–Kier alpha value is -2.23. The summed E-state index contributed by atoms with van der Waals surface area (Å²) in [5.74, 6) is 0.529. The summed E-state index contributed by atoms with van der Waals surface area (Å²) in [5.41, 5.74) is 7.89. The highest BCUT2D eigenvalue weighted by Gasteiger charge is 2.20. The number of aliphatic imine (C=N–C) groups is 1. The predicted octanol–water partition coefficient (Wildman–Crippen LogP) is 1.28. The van der Waals surface area contributed by atoms with Crippen molar-refractivity contribution in [3.05, 3.63) is 41.6 Å². The molecule has 0 spiro atoms. The number of amidine groups is 2. The van der Waals surface area contributed by atoms with Crippen LogP contribution in [0.5, 0.6) is 0 Å². The van der Waals surface area contributed by atoms with E-state index in [4.69, 9.17) is 11.1 Å². The number of hydrogen-bond acceptors (Lipinski definition) is 3. The first-order valence-corrected chi connectivity index (χ1v) is 4.59. The van der Waals surface area contributed by atoms with Gasteiger partial charge in [-0.3, -0.25) is 5.41 Å². The first-order valence-electron chi connectivity index (χ1n) is 4.59. The summed E-state index contributed by atoms with van der Waals surface area (Å²) < 4.78 is 0. The Balaban J connectivity index is 2.41. The molecule has 3 N–H and O–H groups in total. The Labute approximate surface area is 86.0 Å². The van der Waals surface area contributed by atoms with Crippen LogP contribution in [0, 0.1) is 5.41 Å². The number of rotatable bonds is 0. The van der Waals surface area contributed by atoms with E-state index < -0.39 is 0 Å². The third-order valence-electron chi connectivity index (χ3n) is 2.45. The highest BCUT2D eigenvalue weighted by Crippen LogP contribution is 2.20. The van der Waals surface area contributed by atoms with Gasteiger partial charge in [0, 0.05) is 10.9 Å². The lowest BCUT2D eigenvalue weighted by Crippen LogP contribution is -2.12. The second-order valence-corrected chi connectivity index (χ2v) is 3.42. The maximum atomic E-state index is 7.63. The molecule has 2 heterocycles. The van der Waals surface area contributed by atoms with Gasteiger partial charge in [-0.2, -0.15) is 0 Å². The van der Waals surface area contributed by atoms with Gasteiger partial charge in [-0.25, -0.2) is 9.98 Å². The maximum Gasteiger partial charge on any atom is 0.156 e. The smallest absolute Gasteiger partial charge is 0.156 e. The largest absolute Gasteiger partial charge is 0.382 e. The van der Waals surface area contributed by atoms with Gasteiger partial charge in [0.25, 0.3) is 0 Å². The molecule has 1 aromatic carbocycles. The molecule has 0 aliphatic carbocycles. The zero-order valence-corrected chi connectivity index (χ0v) is 7.86. The standard InChI is InChI=1S/C11H8N4/c12-10-7-5-6-3-1-2-4-8(6)14-9(7)11(13)15-10/h1-5H,(H3,12,13,15). The van der Waals surface area contributed by atoms with Crippen LogP contribution in [-0.2, 0) is 0 Å². The van der Waals surface area contributed by atoms with E-state index in [1.165, 1.54) is 0 Å². The summed E-state index contributed by atoms with van der Waals surface area (Å²) in [6.07, 6.45) is 0. The summed E-state index contributed by atoms with van der Waals surface area (Å²) in [5, 5.41) is 8.63. The van der Waals surface area contributed by atoms with E-state index in [9.17, 15) is 0 Å². The zero-order valence-electron chi connectivity index (χ0n) is 7.86. The minimum absolute atomic E-state index is 0.195. The molecule has 4 heteroatoms. The number of nitrogens with zero attached hydrogens (tertiary/aromatic N) is 2. The molecule has 1 aliphatic heterocycles. The molecular formula is C11H8N4. The quantitative estimate of drug-likeness (QED) is 0.666. The molecule has 1 aliphatic rings. The number of benzene rings is 1. The molecule has 0 unspecified atom stereocenters. The van der Waals surface area contributed by atoms with Gasteiger partial charge < -0.3 is 5.73 Å². The number of fused-ring (bicyclic) bond motifs is 2. The average molecular weight is 196 g/mol. The number of aromatic nitrogens is 1. The minimum atomic E-state index is 0.195. The van der Waals surface area contributed by atoms with Gasteiger partial charge in [0.05, 0.1) is 5.52 Å². The highest BCUT2D eigenvalue weighted by atomic mass is 15.0. The number of nitrogens with two attached hydrogens (primary N) is 1. The Kier molecular flexibility index (Phi) is 1.42. The minimum Gasteiger partial charge on any atom is -0.382 e. The highest BCUT2D eigenvalue weighted by molar-refractivity contribution is 6.21. The summed E-state index contributed by atoms with van der Waals surface area (Å²) in [6, 6.07) is 9.66. The number of pyridine rings is 1. The van der Waals surface area contributed by atoms with Crippen molar-refractivity contribution in [2.75, 3.05) is 0 Å². The lowest BCUT2D eigenvalue weighted by atomic mass is 10.1. The van der Waals surface area contributed by atoms with Gasteiger partial charge in [-0.15, -0.1) is 0 Å². The second kappa shape index (κ2) is 2.63. The molecule has 2 aromatic rings. The molecule has 0 saturated heterocycles. The van der Waals surface area contributed by atoms with Crippen LogP contribution < -0.4 is 5.73 Å². The third-order valence-corrected chi connectivity index (χ3v) is 2.45. The van der Waals surface area contributed by atoms with Crippen molar-refractivity contribution in [3.8, 4) is 0 Å². The van der Waals surface area contributed by atoms with E-state index >= 15 is 0 Å². The van der Waals surface area contributed by atoms with E-state index in [1.54, 1.807) is 0 Å². The molecule has 0 atom stereocenters. The second-order valence-electron chi connectivity index (χ2n) is 3.42. The van der Waals surface area contributed by atoms with Crippen molar-refractivity contribution < 1.29 is 0 Å². The monoisotopic (exact) mass is 196 g/mol. The number of nitrogens with one attached hydrogen (secondary N) is 1. The van der Waals surface area contributed by atoms with Crippen LogP contribution in [0.25, 0.3) is 10.9 Å². The average Bonchev–Trinajstić information content (AvgIpc) is 2.52. The van der Waals surface area contributed by atoms with Crippen molar-refractivity contribution in [1.29, 1.82) is 5.41 Å². The normalized spacial score (nSPS) is 14.1. The van der Waals surface area contributed by atoms with Gasteiger partial charge in [-0.1, -0.05) is 18.2 Å². The van der Waals surface area contributed by atoms with Crippen LogP contribution in [0.1, 0.15) is 11.3 Å². The number of hydrogen-bond donors (Lipinski definition) is 2. The lowest BCUT2D eigenvalue weighted by molar-refractivity contribution is 1.35. The Morgan fingerprint density at radius 1 is 1.20 bits per heavy atom. The molecule has 0 saturated carbocycles. The fourth-order valence-corrected chi connectivity index (χ4v) is 1.73. The van der Waals surface area contributed by atoms with E-state index in [0.717, 1.165) is 10.9 Å². The van der Waals surface area contributed by atoms with Gasteiger partial charge in [0.15, 0.2) is 11.7 Å². The van der Waals surface area contributed by atoms with E-state index in [2.05, 4.69) is 9.98 Å². The first-order chi connectivity index (χ1) is 7.25. The zero-order chi connectivity index (χ0) is 10.4. The molecule has 0 radical (unpaired) electrons. The van der Waals surface area contributed by atoms with Gasteiger partial charge >= 0.3 is 0 Å². The Bertz CT molecular complexity index is 613. The van der Waals surface area contributed by atoms with E-state index in [1.807, 2.05) is 30.3 Å². The van der Waals surface area contributed by atoms with Crippen molar-refractivity contribution in [3.63, 3.8) is 0 Å². The Morgan fingerprint density at radius 3 is 2.87 bits per heavy atom. The molecule has 3 rings (SSSR count). The SMILES string of the molecule is N=C1N=C(N)c2nc3ccccc3cc21. The van der Waals surface area contributed by atoms with Crippen molar-refractivity contribution in [2.45, 2.75) is 0 Å².